The molecule has 0 unspecified atom stereocenters. The first kappa shape index (κ1) is 15.3. The summed E-state index contributed by atoms with van der Waals surface area (Å²) in [5, 5.41) is 3.20. The number of rotatable bonds is 6. The van der Waals surface area contributed by atoms with E-state index < -0.39 is 10.0 Å². The fourth-order valence-electron chi connectivity index (χ4n) is 2.15. The first-order chi connectivity index (χ1) is 9.41. The zero-order valence-corrected chi connectivity index (χ0v) is 13.0. The van der Waals surface area contributed by atoms with Crippen molar-refractivity contribution in [3.05, 3.63) is 23.8 Å². The second-order valence-electron chi connectivity index (χ2n) is 5.24. The van der Waals surface area contributed by atoms with Gasteiger partial charge in [0.15, 0.2) is 0 Å². The Kier molecular flexibility index (Phi) is 4.67. The van der Waals surface area contributed by atoms with Crippen molar-refractivity contribution in [3.63, 3.8) is 0 Å². The molecule has 0 saturated heterocycles. The number of nitrogens with one attached hydrogen (secondary N) is 1. The highest BCUT2D eigenvalue weighted by atomic mass is 32.2. The van der Waals surface area contributed by atoms with E-state index in [1.807, 2.05) is 19.9 Å². The molecule has 1 aromatic carbocycles. The van der Waals surface area contributed by atoms with E-state index in [1.54, 1.807) is 19.2 Å². The maximum atomic E-state index is 12.5. The minimum atomic E-state index is -3.45. The molecule has 1 heterocycles. The Labute approximate surface area is 121 Å². The molecule has 0 radical (unpaired) electrons. The van der Waals surface area contributed by atoms with Gasteiger partial charge in [-0.05, 0) is 38.0 Å². The molecule has 1 aliphatic rings. The summed E-state index contributed by atoms with van der Waals surface area (Å²) >= 11 is 0. The quantitative estimate of drug-likeness (QED) is 0.868. The molecule has 0 atom stereocenters. The summed E-state index contributed by atoms with van der Waals surface area (Å²) in [4.78, 5) is 0.331. The number of benzene rings is 1. The van der Waals surface area contributed by atoms with Crippen LogP contribution in [0.15, 0.2) is 23.1 Å². The van der Waals surface area contributed by atoms with Gasteiger partial charge in [0.05, 0.1) is 17.6 Å². The predicted octanol–water partition coefficient (Wildman–Crippen LogP) is 1.70. The Hall–Kier alpha value is -1.11. The van der Waals surface area contributed by atoms with Crippen LogP contribution < -0.4 is 5.32 Å². The first-order valence-corrected chi connectivity index (χ1v) is 8.30. The maximum absolute atomic E-state index is 12.5. The first-order valence-electron chi connectivity index (χ1n) is 6.86. The van der Waals surface area contributed by atoms with E-state index in [4.69, 9.17) is 4.74 Å². The normalized spacial score (nSPS) is 14.7. The third-order valence-electron chi connectivity index (χ3n) is 3.36. The Morgan fingerprint density at radius 2 is 2.15 bits per heavy atom. The molecule has 1 aliphatic heterocycles. The fourth-order valence-corrected chi connectivity index (χ4v) is 3.33. The molecule has 0 aromatic heterocycles. The lowest BCUT2D eigenvalue weighted by Crippen LogP contribution is -2.31. The molecule has 0 amide bonds. The van der Waals surface area contributed by atoms with E-state index in [2.05, 4.69) is 5.32 Å². The largest absolute Gasteiger partial charge is 0.384 e. The zero-order chi connectivity index (χ0) is 14.8. The number of nitrogens with zero attached hydrogens (tertiary/aromatic N) is 1. The second kappa shape index (κ2) is 6.11. The standard InChI is InChI=1S/C14H22N2O3S/c1-11(2)19-9-8-16(3)20(17,18)13-5-4-12-6-7-15-14(12)10-13/h4-5,10-11,15H,6-9H2,1-3H3. The SMILES string of the molecule is CC(C)OCCN(C)S(=O)(=O)c1ccc2c(c1)NCC2. The van der Waals surface area contributed by atoms with Crippen LogP contribution in [0.1, 0.15) is 19.4 Å². The minimum absolute atomic E-state index is 0.107. The molecular weight excluding hydrogens is 276 g/mol. The van der Waals surface area contributed by atoms with Crippen LogP contribution in [0.5, 0.6) is 0 Å². The van der Waals surface area contributed by atoms with E-state index in [-0.39, 0.29) is 6.10 Å². The number of ether oxygens (including phenoxy) is 1. The summed E-state index contributed by atoms with van der Waals surface area (Å²) < 4.78 is 31.6. The summed E-state index contributed by atoms with van der Waals surface area (Å²) in [6.45, 7) is 5.49. The molecule has 20 heavy (non-hydrogen) atoms. The van der Waals surface area contributed by atoms with Crippen LogP contribution >= 0.6 is 0 Å². The lowest BCUT2D eigenvalue weighted by molar-refractivity contribution is 0.0737. The highest BCUT2D eigenvalue weighted by molar-refractivity contribution is 7.89. The second-order valence-corrected chi connectivity index (χ2v) is 7.29. The Balaban J connectivity index is 2.09. The topological polar surface area (TPSA) is 58.6 Å². The third kappa shape index (κ3) is 3.31. The molecule has 1 aromatic rings. The van der Waals surface area contributed by atoms with E-state index in [9.17, 15) is 8.42 Å². The highest BCUT2D eigenvalue weighted by Crippen LogP contribution is 2.26. The van der Waals surface area contributed by atoms with Crippen molar-refractivity contribution in [1.29, 1.82) is 0 Å². The molecule has 2 rings (SSSR count). The molecule has 0 bridgehead atoms. The average Bonchev–Trinajstić information content (AvgIpc) is 2.85. The average molecular weight is 298 g/mol. The number of hydrogen-bond acceptors (Lipinski definition) is 4. The monoisotopic (exact) mass is 298 g/mol. The summed E-state index contributed by atoms with van der Waals surface area (Å²) in [6.07, 6.45) is 1.06. The molecule has 1 N–H and O–H groups in total. The Bertz CT molecular complexity index is 570. The van der Waals surface area contributed by atoms with Crippen LogP contribution in [0.3, 0.4) is 0 Å². The summed E-state index contributed by atoms with van der Waals surface area (Å²) in [5.41, 5.74) is 2.10. The van der Waals surface area contributed by atoms with Crippen molar-refractivity contribution in [3.8, 4) is 0 Å². The van der Waals surface area contributed by atoms with Gasteiger partial charge in [0, 0.05) is 25.8 Å². The maximum Gasteiger partial charge on any atom is 0.242 e. The smallest absolute Gasteiger partial charge is 0.242 e. The molecule has 0 spiro atoms. The number of hydrogen-bond donors (Lipinski definition) is 1. The molecule has 112 valence electrons. The third-order valence-corrected chi connectivity index (χ3v) is 5.21. The number of anilines is 1. The van der Waals surface area contributed by atoms with Gasteiger partial charge in [-0.1, -0.05) is 6.07 Å². The van der Waals surface area contributed by atoms with Gasteiger partial charge in [0.2, 0.25) is 10.0 Å². The molecule has 6 heteroatoms. The van der Waals surface area contributed by atoms with Crippen molar-refractivity contribution in [2.75, 3.05) is 32.1 Å². The Morgan fingerprint density at radius 3 is 2.85 bits per heavy atom. The molecular formula is C14H22N2O3S. The van der Waals surface area contributed by atoms with Gasteiger partial charge >= 0.3 is 0 Å². The molecule has 5 nitrogen and oxygen atoms in total. The summed E-state index contributed by atoms with van der Waals surface area (Å²) in [5.74, 6) is 0. The van der Waals surface area contributed by atoms with Crippen LogP contribution in [0.25, 0.3) is 0 Å². The van der Waals surface area contributed by atoms with Gasteiger partial charge < -0.3 is 10.1 Å². The van der Waals surface area contributed by atoms with Crippen LogP contribution in [-0.4, -0.2) is 45.6 Å². The van der Waals surface area contributed by atoms with E-state index in [1.165, 1.54) is 9.87 Å². The van der Waals surface area contributed by atoms with Crippen molar-refractivity contribution in [2.45, 2.75) is 31.3 Å². The van der Waals surface area contributed by atoms with Crippen molar-refractivity contribution in [1.82, 2.24) is 4.31 Å². The lowest BCUT2D eigenvalue weighted by Gasteiger charge is -2.18. The summed E-state index contributed by atoms with van der Waals surface area (Å²) in [6, 6.07) is 5.29. The van der Waals surface area contributed by atoms with Gasteiger partial charge in [0.25, 0.3) is 0 Å². The van der Waals surface area contributed by atoms with Gasteiger partial charge in [-0.25, -0.2) is 8.42 Å². The molecule has 0 aliphatic carbocycles. The Morgan fingerprint density at radius 1 is 1.40 bits per heavy atom. The van der Waals surface area contributed by atoms with Gasteiger partial charge in [0.1, 0.15) is 0 Å². The predicted molar refractivity (Wildman–Crippen MR) is 79.5 cm³/mol. The summed E-state index contributed by atoms with van der Waals surface area (Å²) in [7, 11) is -1.86. The van der Waals surface area contributed by atoms with E-state index >= 15 is 0 Å². The van der Waals surface area contributed by atoms with Crippen LogP contribution in [0.2, 0.25) is 0 Å². The van der Waals surface area contributed by atoms with E-state index in [0.717, 1.165) is 18.7 Å². The van der Waals surface area contributed by atoms with E-state index in [0.29, 0.717) is 18.0 Å². The van der Waals surface area contributed by atoms with Gasteiger partial charge in [-0.2, -0.15) is 4.31 Å². The zero-order valence-electron chi connectivity index (χ0n) is 12.2. The molecule has 0 saturated carbocycles. The van der Waals surface area contributed by atoms with Crippen LogP contribution in [0, 0.1) is 0 Å². The minimum Gasteiger partial charge on any atom is -0.384 e. The van der Waals surface area contributed by atoms with Crippen molar-refractivity contribution >= 4 is 15.7 Å². The van der Waals surface area contributed by atoms with Crippen LogP contribution in [0.4, 0.5) is 5.69 Å². The fraction of sp³-hybridized carbons (Fsp3) is 0.571. The number of sulfonamides is 1. The number of fused-ring (bicyclic) bond motifs is 1. The van der Waals surface area contributed by atoms with Crippen molar-refractivity contribution in [2.24, 2.45) is 0 Å². The van der Waals surface area contributed by atoms with Gasteiger partial charge in [-0.3, -0.25) is 0 Å². The van der Waals surface area contributed by atoms with Crippen molar-refractivity contribution < 1.29 is 13.2 Å². The van der Waals surface area contributed by atoms with Gasteiger partial charge in [-0.15, -0.1) is 0 Å². The molecule has 0 fully saturated rings. The lowest BCUT2D eigenvalue weighted by atomic mass is 10.2. The van der Waals surface area contributed by atoms with Crippen LogP contribution in [-0.2, 0) is 21.2 Å². The highest BCUT2D eigenvalue weighted by Gasteiger charge is 2.22. The number of likely N-dealkylation sites (N-methyl/N-ethyl adjacent to an activating group) is 1.